The Morgan fingerprint density at radius 2 is 2.26 bits per heavy atom. The summed E-state index contributed by atoms with van der Waals surface area (Å²) in [6.45, 7) is 2.52. The molecule has 1 amide bonds. The Morgan fingerprint density at radius 1 is 1.47 bits per heavy atom. The zero-order valence-electron chi connectivity index (χ0n) is 10.8. The first kappa shape index (κ1) is 13.4. The lowest BCUT2D eigenvalue weighted by Gasteiger charge is -2.13. The number of rotatable bonds is 5. The molecule has 0 saturated heterocycles. The number of nitrogens with one attached hydrogen (secondary N) is 1. The molecular weight excluding hydrogens is 246 g/mol. The van der Waals surface area contributed by atoms with Crippen LogP contribution in [0.5, 0.6) is 5.75 Å². The van der Waals surface area contributed by atoms with Crippen molar-refractivity contribution in [2.75, 3.05) is 6.61 Å². The van der Waals surface area contributed by atoms with Crippen LogP contribution in [0.3, 0.4) is 0 Å². The van der Waals surface area contributed by atoms with Gasteiger partial charge in [-0.2, -0.15) is 0 Å². The largest absolute Gasteiger partial charge is 0.493 e. The first-order chi connectivity index (χ1) is 9.11. The van der Waals surface area contributed by atoms with Crippen molar-refractivity contribution in [1.82, 2.24) is 5.32 Å². The fraction of sp³-hybridized carbons (Fsp3) is 0.429. The van der Waals surface area contributed by atoms with Gasteiger partial charge in [0.2, 0.25) is 0 Å². The molecule has 0 unspecified atom stereocenters. The fourth-order valence-electron chi connectivity index (χ4n) is 2.12. The van der Waals surface area contributed by atoms with Gasteiger partial charge in [-0.1, -0.05) is 13.3 Å². The molecule has 0 aromatic heterocycles. The Kier molecular flexibility index (Phi) is 4.04. The third-order valence-electron chi connectivity index (χ3n) is 3.13. The van der Waals surface area contributed by atoms with E-state index in [0.29, 0.717) is 25.0 Å². The Hall–Kier alpha value is -2.04. The predicted octanol–water partition coefficient (Wildman–Crippen LogP) is 1.60. The maximum Gasteiger partial charge on any atom is 0.326 e. The number of carboxylic acid groups (broad SMARTS) is 1. The first-order valence-corrected chi connectivity index (χ1v) is 6.41. The highest BCUT2D eigenvalue weighted by Gasteiger charge is 2.21. The number of fused-ring (bicyclic) bond motifs is 1. The smallest absolute Gasteiger partial charge is 0.326 e. The van der Waals surface area contributed by atoms with Crippen LogP contribution >= 0.6 is 0 Å². The van der Waals surface area contributed by atoms with Gasteiger partial charge in [0.05, 0.1) is 6.61 Å². The molecule has 19 heavy (non-hydrogen) atoms. The normalized spacial score (nSPS) is 14.4. The topological polar surface area (TPSA) is 75.6 Å². The van der Waals surface area contributed by atoms with E-state index >= 15 is 0 Å². The lowest BCUT2D eigenvalue weighted by Crippen LogP contribution is -2.40. The number of ether oxygens (including phenoxy) is 1. The lowest BCUT2D eigenvalue weighted by atomic mass is 10.1. The maximum absolute atomic E-state index is 12.0. The number of carbonyl (C=O) groups excluding carboxylic acids is 1. The third kappa shape index (κ3) is 3.05. The molecule has 0 fully saturated rings. The van der Waals surface area contributed by atoms with E-state index in [1.807, 2.05) is 6.92 Å². The van der Waals surface area contributed by atoms with Crippen molar-refractivity contribution >= 4 is 11.9 Å². The van der Waals surface area contributed by atoms with E-state index in [2.05, 4.69) is 5.32 Å². The Morgan fingerprint density at radius 3 is 2.95 bits per heavy atom. The van der Waals surface area contributed by atoms with Crippen molar-refractivity contribution in [2.45, 2.75) is 32.2 Å². The third-order valence-corrected chi connectivity index (χ3v) is 3.13. The molecule has 2 rings (SSSR count). The number of amides is 1. The summed E-state index contributed by atoms with van der Waals surface area (Å²) in [5.41, 5.74) is 1.47. The maximum atomic E-state index is 12.0. The van der Waals surface area contributed by atoms with Crippen LogP contribution in [0.1, 0.15) is 35.7 Å². The molecule has 1 aromatic rings. The van der Waals surface area contributed by atoms with E-state index < -0.39 is 12.0 Å². The van der Waals surface area contributed by atoms with E-state index in [1.54, 1.807) is 18.2 Å². The minimum Gasteiger partial charge on any atom is -0.493 e. The quantitative estimate of drug-likeness (QED) is 0.846. The molecule has 5 nitrogen and oxygen atoms in total. The SMILES string of the molecule is CCC[C@H](NC(=O)c1ccc2c(c1)CCO2)C(=O)O. The molecule has 1 aliphatic heterocycles. The Balaban J connectivity index is 2.09. The average molecular weight is 263 g/mol. The molecule has 0 spiro atoms. The van der Waals surface area contributed by atoms with Gasteiger partial charge in [0, 0.05) is 12.0 Å². The summed E-state index contributed by atoms with van der Waals surface area (Å²) in [5, 5.41) is 11.6. The molecule has 1 heterocycles. The van der Waals surface area contributed by atoms with E-state index in [1.165, 1.54) is 0 Å². The van der Waals surface area contributed by atoms with Gasteiger partial charge in [0.1, 0.15) is 11.8 Å². The van der Waals surface area contributed by atoms with Crippen LogP contribution < -0.4 is 10.1 Å². The molecule has 0 saturated carbocycles. The highest BCUT2D eigenvalue weighted by Crippen LogP contribution is 2.25. The van der Waals surface area contributed by atoms with E-state index in [-0.39, 0.29) is 5.91 Å². The highest BCUT2D eigenvalue weighted by atomic mass is 16.5. The summed E-state index contributed by atoms with van der Waals surface area (Å²) in [6.07, 6.45) is 1.91. The minimum atomic E-state index is -1.00. The van der Waals surface area contributed by atoms with Crippen LogP contribution in [0.4, 0.5) is 0 Å². The van der Waals surface area contributed by atoms with Gasteiger partial charge in [-0.25, -0.2) is 4.79 Å². The second-order valence-electron chi connectivity index (χ2n) is 4.57. The fourth-order valence-corrected chi connectivity index (χ4v) is 2.12. The number of aliphatic carboxylic acids is 1. The summed E-state index contributed by atoms with van der Waals surface area (Å²) >= 11 is 0. The van der Waals surface area contributed by atoms with Gasteiger partial charge in [0.25, 0.3) is 5.91 Å². The molecule has 0 radical (unpaired) electrons. The minimum absolute atomic E-state index is 0.351. The second kappa shape index (κ2) is 5.73. The van der Waals surface area contributed by atoms with Gasteiger partial charge in [-0.15, -0.1) is 0 Å². The van der Waals surface area contributed by atoms with Gasteiger partial charge in [-0.3, -0.25) is 4.79 Å². The average Bonchev–Trinajstić information content (AvgIpc) is 2.85. The van der Waals surface area contributed by atoms with Crippen molar-refractivity contribution in [3.05, 3.63) is 29.3 Å². The summed E-state index contributed by atoms with van der Waals surface area (Å²) < 4.78 is 5.37. The molecule has 2 N–H and O–H groups in total. The van der Waals surface area contributed by atoms with E-state index in [4.69, 9.17) is 9.84 Å². The summed E-state index contributed by atoms with van der Waals surface area (Å²) in [6, 6.07) is 4.35. The van der Waals surface area contributed by atoms with Crippen LogP contribution in [0.25, 0.3) is 0 Å². The molecule has 1 aliphatic rings. The number of carboxylic acids is 1. The molecule has 1 aromatic carbocycles. The zero-order chi connectivity index (χ0) is 13.8. The van der Waals surface area contributed by atoms with Crippen LogP contribution in [-0.4, -0.2) is 29.6 Å². The zero-order valence-corrected chi connectivity index (χ0v) is 10.8. The van der Waals surface area contributed by atoms with Crippen molar-refractivity contribution in [2.24, 2.45) is 0 Å². The number of benzene rings is 1. The number of carbonyl (C=O) groups is 2. The van der Waals surface area contributed by atoms with Gasteiger partial charge in [0.15, 0.2) is 0 Å². The van der Waals surface area contributed by atoms with Crippen molar-refractivity contribution in [3.8, 4) is 5.75 Å². The van der Waals surface area contributed by atoms with Gasteiger partial charge >= 0.3 is 5.97 Å². The Labute approximate surface area is 111 Å². The lowest BCUT2D eigenvalue weighted by molar-refractivity contribution is -0.139. The monoisotopic (exact) mass is 263 g/mol. The first-order valence-electron chi connectivity index (χ1n) is 6.41. The molecular formula is C14H17NO4. The predicted molar refractivity (Wildman–Crippen MR) is 69.4 cm³/mol. The highest BCUT2D eigenvalue weighted by molar-refractivity contribution is 5.96. The van der Waals surface area contributed by atoms with Gasteiger partial charge in [-0.05, 0) is 30.2 Å². The van der Waals surface area contributed by atoms with Crippen LogP contribution in [-0.2, 0) is 11.2 Å². The van der Waals surface area contributed by atoms with Crippen LogP contribution in [0.15, 0.2) is 18.2 Å². The van der Waals surface area contributed by atoms with Crippen molar-refractivity contribution in [1.29, 1.82) is 0 Å². The Bertz CT molecular complexity index is 498. The summed E-state index contributed by atoms with van der Waals surface area (Å²) in [7, 11) is 0. The molecule has 0 aliphatic carbocycles. The molecule has 1 atom stereocenters. The summed E-state index contributed by atoms with van der Waals surface area (Å²) in [4.78, 5) is 23.0. The number of hydrogen-bond acceptors (Lipinski definition) is 3. The summed E-state index contributed by atoms with van der Waals surface area (Å²) in [5.74, 6) is -0.546. The molecule has 5 heteroatoms. The van der Waals surface area contributed by atoms with Gasteiger partial charge < -0.3 is 15.2 Å². The van der Waals surface area contributed by atoms with E-state index in [0.717, 1.165) is 17.7 Å². The van der Waals surface area contributed by atoms with Crippen LogP contribution in [0, 0.1) is 0 Å². The van der Waals surface area contributed by atoms with Crippen molar-refractivity contribution in [3.63, 3.8) is 0 Å². The number of hydrogen-bond donors (Lipinski definition) is 2. The molecule has 0 bridgehead atoms. The second-order valence-corrected chi connectivity index (χ2v) is 4.57. The standard InChI is InChI=1S/C14H17NO4/c1-2-3-11(14(17)18)15-13(16)10-4-5-12-9(8-10)6-7-19-12/h4-5,8,11H,2-3,6-7H2,1H3,(H,15,16)(H,17,18)/t11-/m0/s1. The van der Waals surface area contributed by atoms with Crippen LogP contribution in [0.2, 0.25) is 0 Å². The van der Waals surface area contributed by atoms with E-state index in [9.17, 15) is 9.59 Å². The van der Waals surface area contributed by atoms with Crippen molar-refractivity contribution < 1.29 is 19.4 Å². The molecule has 102 valence electrons.